The number of ether oxygens (including phenoxy) is 1. The average Bonchev–Trinajstić information content (AvgIpc) is 2.58. The van der Waals surface area contributed by atoms with E-state index in [1.807, 2.05) is 43.0 Å². The molecule has 1 heterocycles. The maximum absolute atomic E-state index is 12.6. The highest BCUT2D eigenvalue weighted by Crippen LogP contribution is 2.25. The number of urea groups is 1. The van der Waals surface area contributed by atoms with Crippen LogP contribution in [-0.2, 0) is 13.0 Å². The van der Waals surface area contributed by atoms with Crippen molar-refractivity contribution >= 4 is 23.3 Å². The van der Waals surface area contributed by atoms with E-state index in [4.69, 9.17) is 16.3 Å². The maximum Gasteiger partial charge on any atom is 0.322 e. The van der Waals surface area contributed by atoms with Crippen molar-refractivity contribution in [2.75, 3.05) is 18.5 Å². The van der Waals surface area contributed by atoms with E-state index in [9.17, 15) is 4.79 Å². The zero-order valence-corrected chi connectivity index (χ0v) is 14.7. The Balaban J connectivity index is 1.73. The second-order valence-electron chi connectivity index (χ2n) is 5.92. The molecule has 2 amide bonds. The molecule has 0 atom stereocenters. The van der Waals surface area contributed by atoms with E-state index in [1.54, 1.807) is 6.07 Å². The van der Waals surface area contributed by atoms with E-state index in [1.165, 1.54) is 5.56 Å². The number of hydrogen-bond acceptors (Lipinski definition) is 2. The van der Waals surface area contributed by atoms with Crippen molar-refractivity contribution in [3.8, 4) is 5.75 Å². The normalized spacial score (nSPS) is 13.4. The van der Waals surface area contributed by atoms with Crippen LogP contribution in [0.3, 0.4) is 0 Å². The smallest absolute Gasteiger partial charge is 0.322 e. The summed E-state index contributed by atoms with van der Waals surface area (Å²) in [5, 5.41) is 3.57. The molecule has 4 nitrogen and oxygen atoms in total. The first-order valence-electron chi connectivity index (χ1n) is 8.13. The number of anilines is 1. The Morgan fingerprint density at radius 3 is 2.88 bits per heavy atom. The van der Waals surface area contributed by atoms with Crippen LogP contribution in [0.25, 0.3) is 0 Å². The van der Waals surface area contributed by atoms with Crippen LogP contribution in [0, 0.1) is 6.92 Å². The lowest BCUT2D eigenvalue weighted by atomic mass is 10.00. The number of halogens is 1. The minimum absolute atomic E-state index is 0.104. The highest BCUT2D eigenvalue weighted by Gasteiger charge is 2.21. The number of hydrogen-bond donors (Lipinski definition) is 1. The van der Waals surface area contributed by atoms with Gasteiger partial charge in [-0.1, -0.05) is 23.7 Å². The van der Waals surface area contributed by atoms with Crippen LogP contribution in [0.1, 0.15) is 23.6 Å². The summed E-state index contributed by atoms with van der Waals surface area (Å²) < 4.78 is 5.56. The van der Waals surface area contributed by atoms with Gasteiger partial charge in [0.15, 0.2) is 0 Å². The molecule has 0 spiro atoms. The third-order valence-corrected chi connectivity index (χ3v) is 4.46. The highest BCUT2D eigenvalue weighted by molar-refractivity contribution is 6.31. The quantitative estimate of drug-likeness (QED) is 0.881. The van der Waals surface area contributed by atoms with Gasteiger partial charge in [0, 0.05) is 23.8 Å². The van der Waals surface area contributed by atoms with Gasteiger partial charge in [-0.15, -0.1) is 0 Å². The molecule has 0 radical (unpaired) electrons. The highest BCUT2D eigenvalue weighted by atomic mass is 35.5. The van der Waals surface area contributed by atoms with Crippen molar-refractivity contribution in [3.05, 3.63) is 58.1 Å². The van der Waals surface area contributed by atoms with Gasteiger partial charge >= 0.3 is 6.03 Å². The van der Waals surface area contributed by atoms with E-state index < -0.39 is 0 Å². The van der Waals surface area contributed by atoms with Gasteiger partial charge in [0.1, 0.15) is 5.75 Å². The second kappa shape index (κ2) is 7.14. The number of carbonyl (C=O) groups excluding carboxylic acids is 1. The van der Waals surface area contributed by atoms with Gasteiger partial charge in [0.2, 0.25) is 0 Å². The van der Waals surface area contributed by atoms with E-state index in [0.717, 1.165) is 29.0 Å². The van der Waals surface area contributed by atoms with Crippen LogP contribution in [0.2, 0.25) is 5.02 Å². The first-order valence-corrected chi connectivity index (χ1v) is 8.51. The summed E-state index contributed by atoms with van der Waals surface area (Å²) >= 11 is 6.02. The van der Waals surface area contributed by atoms with Gasteiger partial charge in [0.05, 0.1) is 6.61 Å². The molecule has 1 aliphatic rings. The number of fused-ring (bicyclic) bond motifs is 1. The molecule has 0 unspecified atom stereocenters. The van der Waals surface area contributed by atoms with Gasteiger partial charge in [0.25, 0.3) is 0 Å². The summed E-state index contributed by atoms with van der Waals surface area (Å²) in [6, 6.07) is 11.5. The van der Waals surface area contributed by atoms with Crippen molar-refractivity contribution in [1.29, 1.82) is 0 Å². The molecule has 0 saturated carbocycles. The number of amides is 2. The molecule has 2 aromatic rings. The molecular formula is C19H21ClN2O2. The van der Waals surface area contributed by atoms with E-state index in [2.05, 4.69) is 11.4 Å². The summed E-state index contributed by atoms with van der Waals surface area (Å²) in [4.78, 5) is 14.4. The predicted octanol–water partition coefficient (Wildman–Crippen LogP) is 4.64. The van der Waals surface area contributed by atoms with Crippen molar-refractivity contribution in [2.45, 2.75) is 26.8 Å². The second-order valence-corrected chi connectivity index (χ2v) is 6.36. The lowest BCUT2D eigenvalue weighted by Gasteiger charge is -2.29. The minimum Gasteiger partial charge on any atom is -0.494 e. The molecule has 2 aromatic carbocycles. The van der Waals surface area contributed by atoms with Gasteiger partial charge in [-0.05, 0) is 61.2 Å². The molecule has 126 valence electrons. The van der Waals surface area contributed by atoms with Crippen molar-refractivity contribution in [3.63, 3.8) is 0 Å². The maximum atomic E-state index is 12.6. The molecule has 3 rings (SSSR count). The Bertz CT molecular complexity index is 761. The van der Waals surface area contributed by atoms with Gasteiger partial charge in [-0.3, -0.25) is 0 Å². The first-order chi connectivity index (χ1) is 11.6. The molecule has 0 bridgehead atoms. The number of nitrogens with zero attached hydrogens (tertiary/aromatic N) is 1. The van der Waals surface area contributed by atoms with Crippen molar-refractivity contribution in [2.24, 2.45) is 0 Å². The summed E-state index contributed by atoms with van der Waals surface area (Å²) in [6.07, 6.45) is 0.851. The number of rotatable bonds is 3. The van der Waals surface area contributed by atoms with Gasteiger partial charge in [-0.2, -0.15) is 0 Å². The summed E-state index contributed by atoms with van der Waals surface area (Å²) in [5.74, 6) is 0.851. The molecule has 0 aromatic heterocycles. The van der Waals surface area contributed by atoms with Crippen LogP contribution in [-0.4, -0.2) is 24.1 Å². The SMILES string of the molecule is CCOc1ccc2c(c1)CN(C(=O)Nc1cc(Cl)ccc1C)CC2. The lowest BCUT2D eigenvalue weighted by Crippen LogP contribution is -2.39. The zero-order valence-electron chi connectivity index (χ0n) is 13.9. The monoisotopic (exact) mass is 344 g/mol. The topological polar surface area (TPSA) is 41.6 Å². The summed E-state index contributed by atoms with van der Waals surface area (Å²) in [6.45, 7) is 5.84. The number of carbonyl (C=O) groups is 1. The molecule has 0 fully saturated rings. The number of aryl methyl sites for hydroxylation is 1. The number of nitrogens with one attached hydrogen (secondary N) is 1. The van der Waals surface area contributed by atoms with Gasteiger partial charge in [-0.25, -0.2) is 4.79 Å². The Morgan fingerprint density at radius 2 is 2.08 bits per heavy atom. The van der Waals surface area contributed by atoms with E-state index >= 15 is 0 Å². The largest absolute Gasteiger partial charge is 0.494 e. The summed E-state index contributed by atoms with van der Waals surface area (Å²) in [7, 11) is 0. The fourth-order valence-electron chi connectivity index (χ4n) is 2.89. The lowest BCUT2D eigenvalue weighted by molar-refractivity contribution is 0.206. The molecule has 0 aliphatic carbocycles. The fraction of sp³-hybridized carbons (Fsp3) is 0.316. The summed E-state index contributed by atoms with van der Waals surface area (Å²) in [5.41, 5.74) is 4.16. The first kappa shape index (κ1) is 16.7. The van der Waals surface area contributed by atoms with Gasteiger partial charge < -0.3 is 15.0 Å². The van der Waals surface area contributed by atoms with Crippen molar-refractivity contribution in [1.82, 2.24) is 4.90 Å². The third-order valence-electron chi connectivity index (χ3n) is 4.23. The predicted molar refractivity (Wildman–Crippen MR) is 96.9 cm³/mol. The molecule has 1 N–H and O–H groups in total. The Hall–Kier alpha value is -2.20. The van der Waals surface area contributed by atoms with Crippen LogP contribution in [0.5, 0.6) is 5.75 Å². The van der Waals surface area contributed by atoms with Crippen LogP contribution in [0.15, 0.2) is 36.4 Å². The zero-order chi connectivity index (χ0) is 17.1. The fourth-order valence-corrected chi connectivity index (χ4v) is 3.06. The molecule has 0 saturated heterocycles. The third kappa shape index (κ3) is 3.65. The minimum atomic E-state index is -0.104. The Kier molecular flexibility index (Phi) is 4.95. The van der Waals surface area contributed by atoms with E-state index in [-0.39, 0.29) is 6.03 Å². The molecular weight excluding hydrogens is 324 g/mol. The average molecular weight is 345 g/mol. The Morgan fingerprint density at radius 1 is 1.25 bits per heavy atom. The number of benzene rings is 2. The van der Waals surface area contributed by atoms with E-state index in [0.29, 0.717) is 24.7 Å². The van der Waals surface area contributed by atoms with Crippen molar-refractivity contribution < 1.29 is 9.53 Å². The molecule has 24 heavy (non-hydrogen) atoms. The molecule has 5 heteroatoms. The molecule has 1 aliphatic heterocycles. The van der Waals surface area contributed by atoms with Crippen LogP contribution in [0.4, 0.5) is 10.5 Å². The van der Waals surface area contributed by atoms with Crippen LogP contribution < -0.4 is 10.1 Å². The Labute approximate surface area is 147 Å². The standard InChI is InChI=1S/C19H21ClN2O2/c1-3-24-17-7-5-14-8-9-22(12-15(14)10-17)19(23)21-18-11-16(20)6-4-13(18)2/h4-7,10-11H,3,8-9,12H2,1-2H3,(H,21,23). The van der Waals surface area contributed by atoms with Crippen LogP contribution >= 0.6 is 11.6 Å².